The molecule has 7 nitrogen and oxygen atoms in total. The Balaban J connectivity index is 1.51. The highest BCUT2D eigenvalue weighted by atomic mass is 32.2. The SMILES string of the molecule is N#C[C@@H]1CSCN1C(=O)CNC(=O)c1ccnc2ccc(C3CCOC3)cc12. The minimum Gasteiger partial charge on any atom is -0.381 e. The van der Waals surface area contributed by atoms with Crippen LogP contribution >= 0.6 is 11.8 Å². The number of hydrogen-bond donors (Lipinski definition) is 1. The molecule has 8 heteroatoms. The van der Waals surface area contributed by atoms with Crippen molar-refractivity contribution in [2.24, 2.45) is 0 Å². The van der Waals surface area contributed by atoms with Crippen LogP contribution in [0.4, 0.5) is 0 Å². The zero-order valence-electron chi connectivity index (χ0n) is 15.3. The average Bonchev–Trinajstić information content (AvgIpc) is 3.42. The summed E-state index contributed by atoms with van der Waals surface area (Å²) in [6, 6.07) is 9.32. The van der Waals surface area contributed by atoms with Gasteiger partial charge in [-0.3, -0.25) is 14.6 Å². The van der Waals surface area contributed by atoms with Gasteiger partial charge in [-0.05, 0) is 30.2 Å². The molecule has 0 radical (unpaired) electrons. The molecule has 0 bridgehead atoms. The molecule has 4 rings (SSSR count). The van der Waals surface area contributed by atoms with Crippen LogP contribution in [0, 0.1) is 11.3 Å². The molecule has 2 aromatic rings. The Morgan fingerprint density at radius 1 is 1.39 bits per heavy atom. The van der Waals surface area contributed by atoms with Gasteiger partial charge in [-0.1, -0.05) is 6.07 Å². The van der Waals surface area contributed by atoms with Crippen molar-refractivity contribution in [3.05, 3.63) is 41.6 Å². The van der Waals surface area contributed by atoms with E-state index < -0.39 is 6.04 Å². The largest absolute Gasteiger partial charge is 0.381 e. The molecule has 0 aliphatic carbocycles. The second-order valence-corrected chi connectivity index (χ2v) is 7.89. The van der Waals surface area contributed by atoms with Crippen LogP contribution in [0.2, 0.25) is 0 Å². The lowest BCUT2D eigenvalue weighted by atomic mass is 9.95. The van der Waals surface area contributed by atoms with Crippen molar-refractivity contribution in [3.63, 3.8) is 0 Å². The maximum atomic E-state index is 12.8. The first-order valence-electron chi connectivity index (χ1n) is 9.19. The van der Waals surface area contributed by atoms with Gasteiger partial charge >= 0.3 is 0 Å². The average molecular weight is 396 g/mol. The van der Waals surface area contributed by atoms with E-state index >= 15 is 0 Å². The second kappa shape index (κ2) is 8.17. The van der Waals surface area contributed by atoms with E-state index in [1.807, 2.05) is 18.2 Å². The Morgan fingerprint density at radius 2 is 2.29 bits per heavy atom. The van der Waals surface area contributed by atoms with Crippen molar-refractivity contribution in [1.29, 1.82) is 5.26 Å². The Bertz CT molecular complexity index is 952. The molecule has 2 amide bonds. The summed E-state index contributed by atoms with van der Waals surface area (Å²) in [5, 5.41) is 12.6. The van der Waals surface area contributed by atoms with Crippen molar-refractivity contribution in [1.82, 2.24) is 15.2 Å². The van der Waals surface area contributed by atoms with Crippen LogP contribution in [0.25, 0.3) is 10.9 Å². The summed E-state index contributed by atoms with van der Waals surface area (Å²) < 4.78 is 5.47. The Kier molecular flexibility index (Phi) is 5.46. The Labute approximate surface area is 167 Å². The quantitative estimate of drug-likeness (QED) is 0.848. The van der Waals surface area contributed by atoms with Gasteiger partial charge < -0.3 is 15.0 Å². The standard InChI is InChI=1S/C20H20N4O3S/c21-8-15-11-28-12-24(15)19(25)9-23-20(26)16-3-5-22-18-2-1-13(7-17(16)18)14-4-6-27-10-14/h1-3,5,7,14-15H,4,6,9-12H2,(H,23,26)/t14?,15-/m1/s1. The molecule has 1 aromatic carbocycles. The van der Waals surface area contributed by atoms with E-state index in [0.717, 1.165) is 29.5 Å². The van der Waals surface area contributed by atoms with E-state index in [2.05, 4.69) is 16.4 Å². The van der Waals surface area contributed by atoms with E-state index in [4.69, 9.17) is 10.00 Å². The number of nitrogens with one attached hydrogen (secondary N) is 1. The van der Waals surface area contributed by atoms with Crippen LogP contribution in [0.15, 0.2) is 30.5 Å². The minimum absolute atomic E-state index is 0.127. The van der Waals surface area contributed by atoms with E-state index in [1.165, 1.54) is 4.90 Å². The van der Waals surface area contributed by atoms with Crippen LogP contribution in [0.3, 0.4) is 0 Å². The Morgan fingerprint density at radius 3 is 3.07 bits per heavy atom. The van der Waals surface area contributed by atoms with E-state index in [0.29, 0.717) is 29.7 Å². The van der Waals surface area contributed by atoms with Crippen LogP contribution in [0.1, 0.15) is 28.3 Å². The van der Waals surface area contributed by atoms with Gasteiger partial charge in [0.15, 0.2) is 0 Å². The van der Waals surface area contributed by atoms with E-state index in [-0.39, 0.29) is 18.4 Å². The molecule has 0 spiro atoms. The highest BCUT2D eigenvalue weighted by molar-refractivity contribution is 7.99. The van der Waals surface area contributed by atoms with Gasteiger partial charge in [0.25, 0.3) is 5.91 Å². The number of amides is 2. The molecule has 2 aliphatic heterocycles. The Hall–Kier alpha value is -2.63. The molecule has 28 heavy (non-hydrogen) atoms. The first kappa shape index (κ1) is 18.7. The summed E-state index contributed by atoms with van der Waals surface area (Å²) >= 11 is 1.54. The van der Waals surface area contributed by atoms with E-state index in [9.17, 15) is 9.59 Å². The summed E-state index contributed by atoms with van der Waals surface area (Å²) in [6.07, 6.45) is 2.57. The summed E-state index contributed by atoms with van der Waals surface area (Å²) in [4.78, 5) is 31.0. The first-order valence-corrected chi connectivity index (χ1v) is 10.3. The number of hydrogen-bond acceptors (Lipinski definition) is 6. The summed E-state index contributed by atoms with van der Waals surface area (Å²) in [5.74, 6) is 0.863. The van der Waals surface area contributed by atoms with Gasteiger partial charge in [-0.15, -0.1) is 11.8 Å². The molecule has 2 aliphatic rings. The zero-order chi connectivity index (χ0) is 19.5. The van der Waals surface area contributed by atoms with Crippen molar-refractivity contribution in [2.75, 3.05) is 31.4 Å². The maximum absolute atomic E-state index is 12.8. The molecular formula is C20H20N4O3S. The fourth-order valence-corrected chi connectivity index (χ4v) is 4.67. The molecular weight excluding hydrogens is 376 g/mol. The number of benzene rings is 1. The summed E-state index contributed by atoms with van der Waals surface area (Å²) in [7, 11) is 0. The first-order chi connectivity index (χ1) is 13.7. The van der Waals surface area contributed by atoms with Gasteiger partial charge in [0.2, 0.25) is 5.91 Å². The van der Waals surface area contributed by atoms with Crippen LogP contribution in [-0.2, 0) is 9.53 Å². The number of thioether (sulfide) groups is 1. The topological polar surface area (TPSA) is 95.3 Å². The lowest BCUT2D eigenvalue weighted by molar-refractivity contribution is -0.129. The molecule has 2 atom stereocenters. The molecule has 144 valence electrons. The van der Waals surface area contributed by atoms with Gasteiger partial charge in [-0.2, -0.15) is 5.26 Å². The smallest absolute Gasteiger partial charge is 0.252 e. The zero-order valence-corrected chi connectivity index (χ0v) is 16.1. The third kappa shape index (κ3) is 3.68. The fraction of sp³-hybridized carbons (Fsp3) is 0.400. The van der Waals surface area contributed by atoms with Crippen molar-refractivity contribution >= 4 is 34.5 Å². The molecule has 3 heterocycles. The number of nitrogens with zero attached hydrogens (tertiary/aromatic N) is 3. The third-order valence-corrected chi connectivity index (χ3v) is 6.18. The van der Waals surface area contributed by atoms with Gasteiger partial charge in [0, 0.05) is 29.9 Å². The lowest BCUT2D eigenvalue weighted by Crippen LogP contribution is -2.42. The number of aromatic nitrogens is 1. The number of ether oxygens (including phenoxy) is 1. The number of fused-ring (bicyclic) bond motifs is 1. The monoisotopic (exact) mass is 396 g/mol. The number of rotatable bonds is 4. The number of carbonyl (C=O) groups is 2. The fourth-order valence-electron chi connectivity index (χ4n) is 3.56. The highest BCUT2D eigenvalue weighted by Gasteiger charge is 2.29. The molecule has 2 saturated heterocycles. The molecule has 1 unspecified atom stereocenters. The number of nitriles is 1. The van der Waals surface area contributed by atoms with Crippen LogP contribution in [-0.4, -0.2) is 59.1 Å². The number of carbonyl (C=O) groups excluding carboxylic acids is 2. The summed E-state index contributed by atoms with van der Waals surface area (Å²) in [5.41, 5.74) is 2.36. The predicted molar refractivity (Wildman–Crippen MR) is 106 cm³/mol. The maximum Gasteiger partial charge on any atom is 0.252 e. The van der Waals surface area contributed by atoms with Crippen LogP contribution in [0.5, 0.6) is 0 Å². The van der Waals surface area contributed by atoms with E-state index in [1.54, 1.807) is 24.0 Å². The third-order valence-electron chi connectivity index (χ3n) is 5.16. The number of pyridine rings is 1. The highest BCUT2D eigenvalue weighted by Crippen LogP contribution is 2.28. The van der Waals surface area contributed by atoms with Crippen molar-refractivity contribution < 1.29 is 14.3 Å². The van der Waals surface area contributed by atoms with Crippen molar-refractivity contribution in [2.45, 2.75) is 18.4 Å². The second-order valence-electron chi connectivity index (χ2n) is 6.89. The molecule has 1 N–H and O–H groups in total. The predicted octanol–water partition coefficient (Wildman–Crippen LogP) is 1.89. The normalized spacial score (nSPS) is 21.6. The van der Waals surface area contributed by atoms with Crippen molar-refractivity contribution in [3.8, 4) is 6.07 Å². The molecule has 2 fully saturated rings. The van der Waals surface area contributed by atoms with Crippen LogP contribution < -0.4 is 5.32 Å². The lowest BCUT2D eigenvalue weighted by Gasteiger charge is -2.18. The van der Waals surface area contributed by atoms with Gasteiger partial charge in [0.05, 0.1) is 36.2 Å². The molecule has 1 aromatic heterocycles. The van der Waals surface area contributed by atoms with Gasteiger partial charge in [0.1, 0.15) is 6.04 Å². The summed E-state index contributed by atoms with van der Waals surface area (Å²) in [6.45, 7) is 1.32. The minimum atomic E-state index is -0.424. The van der Waals surface area contributed by atoms with Gasteiger partial charge in [-0.25, -0.2) is 0 Å². The molecule has 0 saturated carbocycles.